The highest BCUT2D eigenvalue weighted by atomic mass is 32.1. The van der Waals surface area contributed by atoms with Gasteiger partial charge in [-0.05, 0) is 0 Å². The molecular formula is C8H11N3OS. The maximum atomic E-state index is 8.81. The number of nitrogens with zero attached hydrogens (tertiary/aromatic N) is 2. The third-order valence-corrected chi connectivity index (χ3v) is 2.14. The first-order chi connectivity index (χ1) is 6.38. The quantitative estimate of drug-likeness (QED) is 0.714. The number of thiazole rings is 1. The van der Waals surface area contributed by atoms with E-state index in [4.69, 9.17) is 10.00 Å². The highest BCUT2D eigenvalue weighted by molar-refractivity contribution is 7.07. The standard InChI is InChI=1S/C8H11N3OS/c1-12-3-2-10-7(4-9)8-5-13-6-11-8/h5-7,10H,2-3H2,1H3. The SMILES string of the molecule is COCCNC(C#N)c1cscn1. The lowest BCUT2D eigenvalue weighted by Crippen LogP contribution is -2.24. The Labute approximate surface area is 81.2 Å². The molecule has 1 rings (SSSR count). The molecule has 0 aromatic carbocycles. The Morgan fingerprint density at radius 1 is 1.85 bits per heavy atom. The van der Waals surface area contributed by atoms with Gasteiger partial charge in [0.05, 0.1) is 23.9 Å². The van der Waals surface area contributed by atoms with Crippen molar-refractivity contribution >= 4 is 11.3 Å². The van der Waals surface area contributed by atoms with Crippen LogP contribution in [0.2, 0.25) is 0 Å². The fourth-order valence-electron chi connectivity index (χ4n) is 0.886. The Kier molecular flexibility index (Phi) is 4.40. The lowest BCUT2D eigenvalue weighted by molar-refractivity contribution is 0.197. The fraction of sp³-hybridized carbons (Fsp3) is 0.500. The third-order valence-electron chi connectivity index (χ3n) is 1.53. The van der Waals surface area contributed by atoms with E-state index in [0.717, 1.165) is 5.69 Å². The van der Waals surface area contributed by atoms with Gasteiger partial charge >= 0.3 is 0 Å². The lowest BCUT2D eigenvalue weighted by Gasteiger charge is -2.07. The van der Waals surface area contributed by atoms with E-state index >= 15 is 0 Å². The van der Waals surface area contributed by atoms with Crippen molar-refractivity contribution < 1.29 is 4.74 Å². The summed E-state index contributed by atoms with van der Waals surface area (Å²) in [6.45, 7) is 1.26. The molecule has 4 nitrogen and oxygen atoms in total. The number of methoxy groups -OCH3 is 1. The van der Waals surface area contributed by atoms with Gasteiger partial charge in [-0.2, -0.15) is 5.26 Å². The molecule has 0 aliphatic carbocycles. The van der Waals surface area contributed by atoms with Gasteiger partial charge in [0.2, 0.25) is 0 Å². The van der Waals surface area contributed by atoms with E-state index in [-0.39, 0.29) is 6.04 Å². The molecule has 13 heavy (non-hydrogen) atoms. The van der Waals surface area contributed by atoms with Crippen molar-refractivity contribution in [2.75, 3.05) is 20.3 Å². The van der Waals surface area contributed by atoms with Gasteiger partial charge in [-0.25, -0.2) is 4.98 Å². The smallest absolute Gasteiger partial charge is 0.139 e. The van der Waals surface area contributed by atoms with Gasteiger partial charge in [0.1, 0.15) is 6.04 Å². The Morgan fingerprint density at radius 3 is 3.23 bits per heavy atom. The number of nitrogens with one attached hydrogen (secondary N) is 1. The molecule has 0 aliphatic heterocycles. The highest BCUT2D eigenvalue weighted by Crippen LogP contribution is 2.10. The fourth-order valence-corrected chi connectivity index (χ4v) is 1.47. The summed E-state index contributed by atoms with van der Waals surface area (Å²) in [7, 11) is 1.63. The second kappa shape index (κ2) is 5.65. The van der Waals surface area contributed by atoms with Crippen molar-refractivity contribution in [1.82, 2.24) is 10.3 Å². The number of ether oxygens (including phenoxy) is 1. The van der Waals surface area contributed by atoms with Crippen LogP contribution in [0.4, 0.5) is 0 Å². The zero-order valence-electron chi connectivity index (χ0n) is 7.36. The van der Waals surface area contributed by atoms with Gasteiger partial charge in [-0.1, -0.05) is 0 Å². The van der Waals surface area contributed by atoms with E-state index in [1.807, 2.05) is 5.38 Å². The minimum atomic E-state index is -0.318. The van der Waals surface area contributed by atoms with E-state index in [1.165, 1.54) is 11.3 Å². The molecule has 0 aliphatic rings. The van der Waals surface area contributed by atoms with E-state index in [2.05, 4.69) is 16.4 Å². The molecule has 1 atom stereocenters. The molecular weight excluding hydrogens is 186 g/mol. The summed E-state index contributed by atoms with van der Waals surface area (Å²) < 4.78 is 4.86. The van der Waals surface area contributed by atoms with Gasteiger partial charge in [-0.15, -0.1) is 11.3 Å². The summed E-state index contributed by atoms with van der Waals surface area (Å²) in [6.07, 6.45) is 0. The summed E-state index contributed by atoms with van der Waals surface area (Å²) in [5.74, 6) is 0. The van der Waals surface area contributed by atoms with E-state index in [9.17, 15) is 0 Å². The molecule has 0 saturated carbocycles. The minimum absolute atomic E-state index is 0.318. The van der Waals surface area contributed by atoms with Crippen molar-refractivity contribution in [2.24, 2.45) is 0 Å². The molecule has 0 spiro atoms. The first-order valence-electron chi connectivity index (χ1n) is 3.88. The molecule has 70 valence electrons. The first kappa shape index (κ1) is 10.1. The van der Waals surface area contributed by atoms with Crippen LogP contribution in [-0.2, 0) is 4.74 Å². The molecule has 0 amide bonds. The Hall–Kier alpha value is -0.960. The predicted molar refractivity (Wildman–Crippen MR) is 50.3 cm³/mol. The predicted octanol–water partition coefficient (Wildman–Crippen LogP) is 0.944. The van der Waals surface area contributed by atoms with Crippen LogP contribution >= 0.6 is 11.3 Å². The van der Waals surface area contributed by atoms with Crippen LogP contribution in [0.15, 0.2) is 10.9 Å². The number of rotatable bonds is 5. The van der Waals surface area contributed by atoms with Crippen molar-refractivity contribution in [1.29, 1.82) is 5.26 Å². The van der Waals surface area contributed by atoms with Crippen LogP contribution in [0.1, 0.15) is 11.7 Å². The van der Waals surface area contributed by atoms with Crippen molar-refractivity contribution in [3.8, 4) is 6.07 Å². The summed E-state index contributed by atoms with van der Waals surface area (Å²) in [5, 5.41) is 13.7. The highest BCUT2D eigenvalue weighted by Gasteiger charge is 2.10. The average Bonchev–Trinajstić information content (AvgIpc) is 2.65. The monoisotopic (exact) mass is 197 g/mol. The van der Waals surface area contributed by atoms with Gasteiger partial charge in [-0.3, -0.25) is 5.32 Å². The van der Waals surface area contributed by atoms with Crippen molar-refractivity contribution in [3.05, 3.63) is 16.6 Å². The molecule has 1 aromatic heterocycles. The Balaban J connectivity index is 2.41. The van der Waals surface area contributed by atoms with E-state index in [0.29, 0.717) is 13.2 Å². The van der Waals surface area contributed by atoms with E-state index in [1.54, 1.807) is 12.6 Å². The lowest BCUT2D eigenvalue weighted by atomic mass is 10.2. The molecule has 0 saturated heterocycles. The van der Waals surface area contributed by atoms with Crippen LogP contribution in [0, 0.1) is 11.3 Å². The molecule has 0 radical (unpaired) electrons. The van der Waals surface area contributed by atoms with Gasteiger partial charge in [0, 0.05) is 19.0 Å². The summed E-state index contributed by atoms with van der Waals surface area (Å²) >= 11 is 1.49. The number of aromatic nitrogens is 1. The van der Waals surface area contributed by atoms with Gasteiger partial charge in [0.15, 0.2) is 0 Å². The topological polar surface area (TPSA) is 57.9 Å². The molecule has 0 bridgehead atoms. The third kappa shape index (κ3) is 3.11. The summed E-state index contributed by atoms with van der Waals surface area (Å²) in [6, 6.07) is 1.82. The largest absolute Gasteiger partial charge is 0.383 e. The molecule has 1 aromatic rings. The zero-order valence-corrected chi connectivity index (χ0v) is 8.17. The van der Waals surface area contributed by atoms with Gasteiger partial charge in [0.25, 0.3) is 0 Å². The van der Waals surface area contributed by atoms with Crippen molar-refractivity contribution in [3.63, 3.8) is 0 Å². The van der Waals surface area contributed by atoms with Gasteiger partial charge < -0.3 is 4.74 Å². The summed E-state index contributed by atoms with van der Waals surface area (Å²) in [5.41, 5.74) is 2.50. The van der Waals surface area contributed by atoms with Crippen LogP contribution in [-0.4, -0.2) is 25.2 Å². The summed E-state index contributed by atoms with van der Waals surface area (Å²) in [4.78, 5) is 4.06. The van der Waals surface area contributed by atoms with E-state index < -0.39 is 0 Å². The Bertz CT molecular complexity index is 267. The van der Waals surface area contributed by atoms with Crippen LogP contribution in [0.3, 0.4) is 0 Å². The second-order valence-electron chi connectivity index (χ2n) is 2.42. The van der Waals surface area contributed by atoms with Crippen LogP contribution < -0.4 is 5.32 Å². The molecule has 0 fully saturated rings. The van der Waals surface area contributed by atoms with Crippen molar-refractivity contribution in [2.45, 2.75) is 6.04 Å². The van der Waals surface area contributed by atoms with Crippen LogP contribution in [0.25, 0.3) is 0 Å². The first-order valence-corrected chi connectivity index (χ1v) is 4.82. The van der Waals surface area contributed by atoms with Crippen LogP contribution in [0.5, 0.6) is 0 Å². The zero-order chi connectivity index (χ0) is 9.52. The molecule has 1 N–H and O–H groups in total. The molecule has 1 heterocycles. The normalized spacial score (nSPS) is 12.3. The average molecular weight is 197 g/mol. The molecule has 1 unspecified atom stereocenters. The number of hydrogen-bond acceptors (Lipinski definition) is 5. The number of nitriles is 1. The minimum Gasteiger partial charge on any atom is -0.383 e. The Morgan fingerprint density at radius 2 is 2.69 bits per heavy atom. The molecule has 5 heteroatoms. The maximum Gasteiger partial charge on any atom is 0.139 e. The number of hydrogen-bond donors (Lipinski definition) is 1. The second-order valence-corrected chi connectivity index (χ2v) is 3.14. The maximum absolute atomic E-state index is 8.81.